The number of hydrogen-bond acceptors (Lipinski definition) is 6. The maximum atomic E-state index is 12.2. The van der Waals surface area contributed by atoms with Gasteiger partial charge in [-0.15, -0.1) is 0 Å². The molecule has 1 aromatic heterocycles. The number of ether oxygens (including phenoxy) is 3. The lowest BCUT2D eigenvalue weighted by Crippen LogP contribution is -2.31. The van der Waals surface area contributed by atoms with Crippen LogP contribution in [-0.2, 0) is 9.53 Å². The first-order valence-corrected chi connectivity index (χ1v) is 8.69. The molecule has 7 nitrogen and oxygen atoms in total. The van der Waals surface area contributed by atoms with Gasteiger partial charge in [-0.3, -0.25) is 4.79 Å². The van der Waals surface area contributed by atoms with E-state index >= 15 is 0 Å². The summed E-state index contributed by atoms with van der Waals surface area (Å²) >= 11 is 0. The van der Waals surface area contributed by atoms with Gasteiger partial charge in [0.25, 0.3) is 5.91 Å². The largest absolute Gasteiger partial charge is 0.493 e. The van der Waals surface area contributed by atoms with Gasteiger partial charge >= 0.3 is 5.97 Å². The van der Waals surface area contributed by atoms with E-state index < -0.39 is 5.97 Å². The lowest BCUT2D eigenvalue weighted by atomic mass is 10.2. The van der Waals surface area contributed by atoms with E-state index in [1.807, 2.05) is 37.3 Å². The summed E-state index contributed by atoms with van der Waals surface area (Å²) in [5, 5.41) is 3.81. The van der Waals surface area contributed by atoms with Crippen molar-refractivity contribution in [3.63, 3.8) is 0 Å². The zero-order chi connectivity index (χ0) is 20.1. The fourth-order valence-electron chi connectivity index (χ4n) is 2.75. The Morgan fingerprint density at radius 3 is 2.57 bits per heavy atom. The lowest BCUT2D eigenvalue weighted by Gasteiger charge is -2.14. The molecule has 0 aliphatic heterocycles. The fourth-order valence-corrected chi connectivity index (χ4v) is 2.75. The number of nitrogens with one attached hydrogen (secondary N) is 1. The van der Waals surface area contributed by atoms with Crippen LogP contribution in [0.25, 0.3) is 11.0 Å². The Labute approximate surface area is 162 Å². The predicted octanol–water partition coefficient (Wildman–Crippen LogP) is 3.48. The third-order valence-corrected chi connectivity index (χ3v) is 4.19. The quantitative estimate of drug-likeness (QED) is 0.629. The smallest absolute Gasteiger partial charge is 0.337 e. The van der Waals surface area contributed by atoms with Crippen LogP contribution in [0.4, 0.5) is 0 Å². The molecule has 1 atom stereocenters. The van der Waals surface area contributed by atoms with Crippen LogP contribution >= 0.6 is 0 Å². The molecule has 146 valence electrons. The summed E-state index contributed by atoms with van der Waals surface area (Å²) in [6.45, 7) is 1.62. The van der Waals surface area contributed by atoms with E-state index in [0.29, 0.717) is 22.8 Å². The van der Waals surface area contributed by atoms with Crippen molar-refractivity contribution in [2.75, 3.05) is 20.8 Å². The van der Waals surface area contributed by atoms with Crippen molar-refractivity contribution in [3.8, 4) is 11.5 Å². The topological polar surface area (TPSA) is 87.0 Å². The summed E-state index contributed by atoms with van der Waals surface area (Å²) in [4.78, 5) is 23.8. The van der Waals surface area contributed by atoms with Crippen LogP contribution < -0.4 is 14.8 Å². The standard InChI is InChI=1S/C21H21NO6/c1-13(18-10-14-6-4-5-7-16(14)28-18)22-20(23)12-27-17-9-8-15(21(24)26-3)11-19(17)25-2/h4-11,13H,12H2,1-3H3,(H,22,23)/t13-/m0/s1. The van der Waals surface area contributed by atoms with Crippen molar-refractivity contribution >= 4 is 22.8 Å². The molecule has 1 amide bonds. The Morgan fingerprint density at radius 2 is 1.86 bits per heavy atom. The first-order valence-electron chi connectivity index (χ1n) is 8.69. The second-order valence-electron chi connectivity index (χ2n) is 6.12. The highest BCUT2D eigenvalue weighted by Gasteiger charge is 2.16. The van der Waals surface area contributed by atoms with Gasteiger partial charge in [-0.1, -0.05) is 18.2 Å². The van der Waals surface area contributed by atoms with Crippen molar-refractivity contribution in [3.05, 3.63) is 59.9 Å². The Kier molecular flexibility index (Phi) is 5.84. The highest BCUT2D eigenvalue weighted by Crippen LogP contribution is 2.28. The summed E-state index contributed by atoms with van der Waals surface area (Å²) in [6, 6.07) is 13.8. The third-order valence-electron chi connectivity index (χ3n) is 4.19. The number of furan rings is 1. The van der Waals surface area contributed by atoms with Crippen LogP contribution in [0.3, 0.4) is 0 Å². The number of methoxy groups -OCH3 is 2. The zero-order valence-corrected chi connectivity index (χ0v) is 15.9. The van der Waals surface area contributed by atoms with Gasteiger partial charge in [-0.25, -0.2) is 4.79 Å². The molecule has 0 saturated carbocycles. The van der Waals surface area contributed by atoms with Crippen molar-refractivity contribution < 1.29 is 28.2 Å². The van der Waals surface area contributed by atoms with Gasteiger partial charge in [0.05, 0.1) is 25.8 Å². The molecule has 0 saturated heterocycles. The predicted molar refractivity (Wildman–Crippen MR) is 103 cm³/mol. The normalized spacial score (nSPS) is 11.7. The van der Waals surface area contributed by atoms with Gasteiger partial charge in [-0.05, 0) is 37.3 Å². The van der Waals surface area contributed by atoms with Gasteiger partial charge in [-0.2, -0.15) is 0 Å². The number of esters is 1. The highest BCUT2D eigenvalue weighted by atomic mass is 16.5. The zero-order valence-electron chi connectivity index (χ0n) is 15.9. The Balaban J connectivity index is 1.61. The highest BCUT2D eigenvalue weighted by molar-refractivity contribution is 5.90. The molecule has 0 fully saturated rings. The summed E-state index contributed by atoms with van der Waals surface area (Å²) in [6.07, 6.45) is 0. The molecule has 0 spiro atoms. The summed E-state index contributed by atoms with van der Waals surface area (Å²) in [5.74, 6) is 0.548. The van der Waals surface area contributed by atoms with Gasteiger partial charge in [0.15, 0.2) is 18.1 Å². The lowest BCUT2D eigenvalue weighted by molar-refractivity contribution is -0.123. The molecule has 0 aliphatic carbocycles. The molecule has 0 unspecified atom stereocenters. The Morgan fingerprint density at radius 1 is 1.07 bits per heavy atom. The third kappa shape index (κ3) is 4.25. The van der Waals surface area contributed by atoms with Crippen molar-refractivity contribution in [1.29, 1.82) is 0 Å². The molecule has 0 bridgehead atoms. The van der Waals surface area contributed by atoms with Crippen LogP contribution in [0.1, 0.15) is 29.1 Å². The maximum Gasteiger partial charge on any atom is 0.337 e. The van der Waals surface area contributed by atoms with E-state index in [4.69, 9.17) is 13.9 Å². The van der Waals surface area contributed by atoms with E-state index in [1.165, 1.54) is 20.3 Å². The molecule has 0 aliphatic rings. The average Bonchev–Trinajstić information content (AvgIpc) is 3.16. The van der Waals surface area contributed by atoms with Crippen LogP contribution in [0, 0.1) is 0 Å². The van der Waals surface area contributed by atoms with E-state index in [0.717, 1.165) is 11.0 Å². The number of fused-ring (bicyclic) bond motifs is 1. The van der Waals surface area contributed by atoms with E-state index in [2.05, 4.69) is 10.1 Å². The minimum atomic E-state index is -0.484. The van der Waals surface area contributed by atoms with E-state index in [1.54, 1.807) is 12.1 Å². The molecule has 1 N–H and O–H groups in total. The molecular weight excluding hydrogens is 362 g/mol. The molecule has 28 heavy (non-hydrogen) atoms. The molecule has 1 heterocycles. The molecule has 7 heteroatoms. The van der Waals surface area contributed by atoms with Crippen molar-refractivity contribution in [2.45, 2.75) is 13.0 Å². The van der Waals surface area contributed by atoms with Crippen LogP contribution in [0.2, 0.25) is 0 Å². The second-order valence-corrected chi connectivity index (χ2v) is 6.12. The number of hydrogen-bond donors (Lipinski definition) is 1. The second kappa shape index (κ2) is 8.47. The number of benzene rings is 2. The molecule has 3 rings (SSSR count). The minimum Gasteiger partial charge on any atom is -0.493 e. The molecule has 0 radical (unpaired) electrons. The summed E-state index contributed by atoms with van der Waals surface area (Å²) in [5.41, 5.74) is 1.10. The number of carbonyl (C=O) groups is 2. The molecular formula is C21H21NO6. The van der Waals surface area contributed by atoms with Crippen molar-refractivity contribution in [1.82, 2.24) is 5.32 Å². The Hall–Kier alpha value is -3.48. The van der Waals surface area contributed by atoms with Crippen LogP contribution in [0.5, 0.6) is 11.5 Å². The van der Waals surface area contributed by atoms with Gasteiger partial charge in [0, 0.05) is 5.39 Å². The fraction of sp³-hybridized carbons (Fsp3) is 0.238. The van der Waals surface area contributed by atoms with Crippen molar-refractivity contribution in [2.24, 2.45) is 0 Å². The van der Waals surface area contributed by atoms with Gasteiger partial charge in [0.2, 0.25) is 0 Å². The van der Waals surface area contributed by atoms with E-state index in [9.17, 15) is 9.59 Å². The van der Waals surface area contributed by atoms with Gasteiger partial charge < -0.3 is 23.9 Å². The van der Waals surface area contributed by atoms with Crippen LogP contribution in [0.15, 0.2) is 52.9 Å². The number of rotatable bonds is 7. The average molecular weight is 383 g/mol. The number of carbonyl (C=O) groups excluding carboxylic acids is 2. The minimum absolute atomic E-state index is 0.210. The number of para-hydroxylation sites is 1. The SMILES string of the molecule is COC(=O)c1ccc(OCC(=O)N[C@@H](C)c2cc3ccccc3o2)c(OC)c1. The number of amides is 1. The van der Waals surface area contributed by atoms with Crippen LogP contribution in [-0.4, -0.2) is 32.7 Å². The van der Waals surface area contributed by atoms with Gasteiger partial charge in [0.1, 0.15) is 11.3 Å². The maximum absolute atomic E-state index is 12.2. The monoisotopic (exact) mass is 383 g/mol. The summed E-state index contributed by atoms with van der Waals surface area (Å²) < 4.78 is 21.2. The Bertz CT molecular complexity index is 960. The summed E-state index contributed by atoms with van der Waals surface area (Å²) in [7, 11) is 2.75. The van der Waals surface area contributed by atoms with E-state index in [-0.39, 0.29) is 18.6 Å². The first-order chi connectivity index (χ1) is 13.5. The molecule has 3 aromatic rings. The first kappa shape index (κ1) is 19.3. The molecule has 2 aromatic carbocycles.